The molecular formula is C13H22N2O2S. The molecule has 1 rings (SSSR count). The van der Waals surface area contributed by atoms with E-state index >= 15 is 0 Å². The first-order valence-electron chi connectivity index (χ1n) is 6.01. The average Bonchev–Trinajstić information content (AvgIpc) is 2.61. The lowest BCUT2D eigenvalue weighted by atomic mass is 10.2. The number of ether oxygens (including phenoxy) is 1. The number of esters is 1. The van der Waals surface area contributed by atoms with Crippen molar-refractivity contribution >= 4 is 17.3 Å². The first-order chi connectivity index (χ1) is 8.37. The lowest BCUT2D eigenvalue weighted by Gasteiger charge is -2.18. The third-order valence-corrected chi connectivity index (χ3v) is 3.36. The van der Waals surface area contributed by atoms with Gasteiger partial charge in [-0.3, -0.25) is 0 Å². The highest BCUT2D eigenvalue weighted by Crippen LogP contribution is 2.24. The number of rotatable bonds is 5. The molecule has 0 aromatic carbocycles. The lowest BCUT2D eigenvalue weighted by molar-refractivity contribution is 0.00751. The van der Waals surface area contributed by atoms with Crippen molar-refractivity contribution in [3.8, 4) is 0 Å². The van der Waals surface area contributed by atoms with Gasteiger partial charge in [0.1, 0.15) is 10.5 Å². The van der Waals surface area contributed by atoms with Crippen LogP contribution < -0.4 is 10.6 Å². The number of nitrogens with one attached hydrogen (secondary N) is 2. The normalized spacial score (nSPS) is 11.6. The molecule has 0 unspecified atom stereocenters. The summed E-state index contributed by atoms with van der Waals surface area (Å²) in [5, 5.41) is 6.22. The Labute approximate surface area is 113 Å². The van der Waals surface area contributed by atoms with Crippen LogP contribution in [0.2, 0.25) is 0 Å². The van der Waals surface area contributed by atoms with Crippen molar-refractivity contribution in [2.24, 2.45) is 0 Å². The number of carbonyl (C=O) groups is 1. The predicted octanol–water partition coefficient (Wildman–Crippen LogP) is 2.14. The average molecular weight is 270 g/mol. The smallest absolute Gasteiger partial charge is 0.348 e. The SMILES string of the molecule is CNCc1cc(C(=O)OC(C)(C)C)sc1CNC. The molecule has 4 nitrogen and oxygen atoms in total. The standard InChI is InChI=1S/C13H22N2O2S/c1-13(2,3)17-12(16)10-6-9(7-14-4)11(18-10)8-15-5/h6,14-15H,7-8H2,1-5H3. The van der Waals surface area contributed by atoms with Gasteiger partial charge >= 0.3 is 5.97 Å². The zero-order valence-electron chi connectivity index (χ0n) is 11.7. The number of thiophene rings is 1. The molecule has 0 saturated heterocycles. The zero-order valence-corrected chi connectivity index (χ0v) is 12.5. The van der Waals surface area contributed by atoms with E-state index in [4.69, 9.17) is 4.74 Å². The first kappa shape index (κ1) is 15.1. The van der Waals surface area contributed by atoms with Crippen molar-refractivity contribution in [1.82, 2.24) is 10.6 Å². The molecule has 0 aliphatic heterocycles. The van der Waals surface area contributed by atoms with Crippen LogP contribution in [0.3, 0.4) is 0 Å². The molecule has 0 fully saturated rings. The maximum atomic E-state index is 12.0. The Morgan fingerprint density at radius 2 is 1.89 bits per heavy atom. The topological polar surface area (TPSA) is 50.4 Å². The summed E-state index contributed by atoms with van der Waals surface area (Å²) in [4.78, 5) is 13.8. The van der Waals surface area contributed by atoms with Gasteiger partial charge in [-0.05, 0) is 46.5 Å². The maximum absolute atomic E-state index is 12.0. The second-order valence-corrected chi connectivity index (χ2v) is 6.26. The van der Waals surface area contributed by atoms with Gasteiger partial charge in [-0.2, -0.15) is 0 Å². The monoisotopic (exact) mass is 270 g/mol. The summed E-state index contributed by atoms with van der Waals surface area (Å²) < 4.78 is 5.38. The van der Waals surface area contributed by atoms with Crippen LogP contribution in [0.1, 0.15) is 40.9 Å². The first-order valence-corrected chi connectivity index (χ1v) is 6.83. The van der Waals surface area contributed by atoms with Gasteiger partial charge < -0.3 is 15.4 Å². The van der Waals surface area contributed by atoms with E-state index in [-0.39, 0.29) is 5.97 Å². The molecule has 1 aromatic rings. The Kier molecular flexibility index (Phi) is 5.31. The van der Waals surface area contributed by atoms with E-state index in [1.54, 1.807) is 0 Å². The molecule has 0 aliphatic carbocycles. The van der Waals surface area contributed by atoms with Gasteiger partial charge in [0.05, 0.1) is 0 Å². The molecule has 5 heteroatoms. The van der Waals surface area contributed by atoms with E-state index in [9.17, 15) is 4.79 Å². The molecule has 102 valence electrons. The van der Waals surface area contributed by atoms with Crippen LogP contribution in [0.25, 0.3) is 0 Å². The van der Waals surface area contributed by atoms with E-state index in [1.807, 2.05) is 40.9 Å². The largest absolute Gasteiger partial charge is 0.456 e. The lowest BCUT2D eigenvalue weighted by Crippen LogP contribution is -2.23. The predicted molar refractivity (Wildman–Crippen MR) is 75.0 cm³/mol. The van der Waals surface area contributed by atoms with Crippen LogP contribution in [0, 0.1) is 0 Å². The highest BCUT2D eigenvalue weighted by molar-refractivity contribution is 7.14. The van der Waals surface area contributed by atoms with Gasteiger partial charge in [0.15, 0.2) is 0 Å². The number of hydrogen-bond donors (Lipinski definition) is 2. The van der Waals surface area contributed by atoms with Crippen molar-refractivity contribution in [3.05, 3.63) is 21.4 Å². The van der Waals surface area contributed by atoms with Gasteiger partial charge in [-0.25, -0.2) is 4.79 Å². The zero-order chi connectivity index (χ0) is 13.8. The van der Waals surface area contributed by atoms with Crippen molar-refractivity contribution in [2.45, 2.75) is 39.5 Å². The summed E-state index contributed by atoms with van der Waals surface area (Å²) in [7, 11) is 3.80. The molecule has 0 atom stereocenters. The molecule has 2 N–H and O–H groups in total. The quantitative estimate of drug-likeness (QED) is 0.805. The minimum atomic E-state index is -0.451. The molecule has 18 heavy (non-hydrogen) atoms. The molecule has 0 saturated carbocycles. The highest BCUT2D eigenvalue weighted by atomic mass is 32.1. The minimum Gasteiger partial charge on any atom is -0.456 e. The van der Waals surface area contributed by atoms with E-state index in [2.05, 4.69) is 10.6 Å². The van der Waals surface area contributed by atoms with Crippen LogP contribution in [-0.2, 0) is 17.8 Å². The third kappa shape index (κ3) is 4.40. The summed E-state index contributed by atoms with van der Waals surface area (Å²) in [6.45, 7) is 7.16. The van der Waals surface area contributed by atoms with E-state index in [0.717, 1.165) is 18.7 Å². The second kappa shape index (κ2) is 6.31. The number of hydrogen-bond acceptors (Lipinski definition) is 5. The minimum absolute atomic E-state index is 0.243. The molecule has 1 heterocycles. The van der Waals surface area contributed by atoms with Crippen molar-refractivity contribution in [2.75, 3.05) is 14.1 Å². The maximum Gasteiger partial charge on any atom is 0.348 e. The molecule has 0 aliphatic rings. The van der Waals surface area contributed by atoms with Gasteiger partial charge in [-0.15, -0.1) is 11.3 Å². The van der Waals surface area contributed by atoms with Gasteiger partial charge in [-0.1, -0.05) is 0 Å². The van der Waals surface area contributed by atoms with Crippen molar-refractivity contribution < 1.29 is 9.53 Å². The van der Waals surface area contributed by atoms with Crippen LogP contribution in [0.5, 0.6) is 0 Å². The van der Waals surface area contributed by atoms with E-state index < -0.39 is 5.60 Å². The summed E-state index contributed by atoms with van der Waals surface area (Å²) in [5.74, 6) is -0.243. The number of carbonyl (C=O) groups excluding carboxylic acids is 1. The molecule has 1 aromatic heterocycles. The van der Waals surface area contributed by atoms with E-state index in [1.165, 1.54) is 16.2 Å². The Hall–Kier alpha value is -0.910. The second-order valence-electron chi connectivity index (χ2n) is 5.12. The molecule has 0 bridgehead atoms. The fraction of sp³-hybridized carbons (Fsp3) is 0.615. The van der Waals surface area contributed by atoms with Crippen molar-refractivity contribution in [3.63, 3.8) is 0 Å². The summed E-state index contributed by atoms with van der Waals surface area (Å²) in [5.41, 5.74) is 0.700. The molecule has 0 radical (unpaired) electrons. The molecule has 0 amide bonds. The fourth-order valence-electron chi connectivity index (χ4n) is 1.55. The Bertz CT molecular complexity index is 384. The fourth-order valence-corrected chi connectivity index (χ4v) is 2.62. The summed E-state index contributed by atoms with van der Waals surface area (Å²) >= 11 is 1.50. The van der Waals surface area contributed by atoms with E-state index in [0.29, 0.717) is 4.88 Å². The Morgan fingerprint density at radius 3 is 2.39 bits per heavy atom. The van der Waals surface area contributed by atoms with Crippen LogP contribution >= 0.6 is 11.3 Å². The van der Waals surface area contributed by atoms with Crippen LogP contribution in [0.4, 0.5) is 0 Å². The molecular weight excluding hydrogens is 248 g/mol. The Morgan fingerprint density at radius 1 is 1.28 bits per heavy atom. The summed E-state index contributed by atoms with van der Waals surface area (Å²) in [6, 6.07) is 1.92. The third-order valence-electron chi connectivity index (χ3n) is 2.20. The van der Waals surface area contributed by atoms with Gasteiger partial charge in [0.25, 0.3) is 0 Å². The van der Waals surface area contributed by atoms with Gasteiger partial charge in [0.2, 0.25) is 0 Å². The molecule has 0 spiro atoms. The van der Waals surface area contributed by atoms with Crippen molar-refractivity contribution in [1.29, 1.82) is 0 Å². The van der Waals surface area contributed by atoms with Crippen LogP contribution in [0.15, 0.2) is 6.07 Å². The Balaban J connectivity index is 2.89. The highest BCUT2D eigenvalue weighted by Gasteiger charge is 2.21. The van der Waals surface area contributed by atoms with Crippen LogP contribution in [-0.4, -0.2) is 25.7 Å². The summed E-state index contributed by atoms with van der Waals surface area (Å²) in [6.07, 6.45) is 0. The van der Waals surface area contributed by atoms with Gasteiger partial charge in [0, 0.05) is 18.0 Å².